The van der Waals surface area contributed by atoms with Crippen LogP contribution in [0.2, 0.25) is 0 Å². The first-order valence-corrected chi connectivity index (χ1v) is 14.8. The molecule has 1 aliphatic heterocycles. The molecule has 4 aromatic carbocycles. The van der Waals surface area contributed by atoms with Crippen LogP contribution in [-0.4, -0.2) is 53.8 Å². The number of carbonyl (C=O) groups is 3. The van der Waals surface area contributed by atoms with Gasteiger partial charge in [-0.1, -0.05) is 42.5 Å². The van der Waals surface area contributed by atoms with Crippen LogP contribution in [0.1, 0.15) is 41.5 Å². The molecule has 9 heteroatoms. The van der Waals surface area contributed by atoms with Crippen molar-refractivity contribution < 1.29 is 23.5 Å². The Bertz CT molecular complexity index is 1840. The maximum atomic E-state index is 14.6. The van der Waals surface area contributed by atoms with Gasteiger partial charge >= 0.3 is 5.97 Å². The first-order chi connectivity index (χ1) is 21.7. The van der Waals surface area contributed by atoms with E-state index in [4.69, 9.17) is 4.74 Å². The first kappa shape index (κ1) is 29.6. The van der Waals surface area contributed by atoms with Crippen LogP contribution in [0.3, 0.4) is 0 Å². The minimum Gasteiger partial charge on any atom is -0.426 e. The largest absolute Gasteiger partial charge is 0.426 e. The minimum absolute atomic E-state index is 0.0994. The lowest BCUT2D eigenvalue weighted by molar-refractivity contribution is -0.132. The number of aromatic nitrogens is 1. The molecule has 1 aliphatic rings. The van der Waals surface area contributed by atoms with Gasteiger partial charge in [-0.15, -0.1) is 0 Å². The number of rotatable bonds is 7. The van der Waals surface area contributed by atoms with E-state index in [2.05, 4.69) is 27.3 Å². The number of piperazine rings is 1. The molecule has 0 spiro atoms. The van der Waals surface area contributed by atoms with Crippen molar-refractivity contribution in [2.45, 2.75) is 19.9 Å². The number of H-pyrrole nitrogens is 1. The second-order valence-electron chi connectivity index (χ2n) is 11.1. The van der Waals surface area contributed by atoms with Crippen molar-refractivity contribution in [2.75, 3.05) is 31.1 Å². The molecule has 1 saturated heterocycles. The summed E-state index contributed by atoms with van der Waals surface area (Å²) in [6.07, 6.45) is 0. The second-order valence-corrected chi connectivity index (χ2v) is 11.1. The van der Waals surface area contributed by atoms with Crippen molar-refractivity contribution in [1.29, 1.82) is 0 Å². The van der Waals surface area contributed by atoms with Crippen LogP contribution in [0, 0.1) is 5.82 Å². The third kappa shape index (κ3) is 6.57. The molecule has 1 aromatic heterocycles. The third-order valence-electron chi connectivity index (χ3n) is 8.09. The fourth-order valence-corrected chi connectivity index (χ4v) is 5.77. The van der Waals surface area contributed by atoms with Crippen molar-refractivity contribution >= 4 is 34.4 Å². The summed E-state index contributed by atoms with van der Waals surface area (Å²) in [7, 11) is 0. The smallest absolute Gasteiger partial charge is 0.308 e. The van der Waals surface area contributed by atoms with Crippen LogP contribution >= 0.6 is 0 Å². The summed E-state index contributed by atoms with van der Waals surface area (Å²) in [6, 6.07) is 28.0. The van der Waals surface area contributed by atoms with E-state index in [0.29, 0.717) is 29.9 Å². The lowest BCUT2D eigenvalue weighted by atomic mass is 10.00. The maximum Gasteiger partial charge on any atom is 0.308 e. The van der Waals surface area contributed by atoms with Gasteiger partial charge in [-0.3, -0.25) is 14.4 Å². The summed E-state index contributed by atoms with van der Waals surface area (Å²) >= 11 is 0. The molecular formula is C36H33FN4O4. The third-order valence-corrected chi connectivity index (χ3v) is 8.09. The summed E-state index contributed by atoms with van der Waals surface area (Å²) in [5.74, 6) is -1.20. The monoisotopic (exact) mass is 604 g/mol. The Hall–Kier alpha value is -5.44. The van der Waals surface area contributed by atoms with Gasteiger partial charge in [0, 0.05) is 68.1 Å². The zero-order chi connectivity index (χ0) is 31.5. The first-order valence-electron chi connectivity index (χ1n) is 14.8. The van der Waals surface area contributed by atoms with Gasteiger partial charge in [0.2, 0.25) is 5.91 Å². The van der Waals surface area contributed by atoms with Crippen LogP contribution in [0.25, 0.3) is 22.0 Å². The molecule has 2 N–H and O–H groups in total. The van der Waals surface area contributed by atoms with E-state index in [1.807, 2.05) is 65.6 Å². The number of hydrogen-bond donors (Lipinski definition) is 2. The van der Waals surface area contributed by atoms with Gasteiger partial charge in [-0.2, -0.15) is 0 Å². The Morgan fingerprint density at radius 1 is 0.822 bits per heavy atom. The number of ether oxygens (including phenoxy) is 1. The van der Waals surface area contributed by atoms with Gasteiger partial charge in [0.15, 0.2) is 0 Å². The van der Waals surface area contributed by atoms with Crippen LogP contribution in [-0.2, 0) is 9.59 Å². The zero-order valence-corrected chi connectivity index (χ0v) is 25.0. The van der Waals surface area contributed by atoms with Gasteiger partial charge in [0.05, 0.1) is 6.04 Å². The SMILES string of the molecule is CC(=O)Oc1ccc(F)cc1[C@@H](NC(=O)c1cccc(-c2ccc(N3CCN(C(C)=O)CC3)cc2)c1)c1cc2ccccc2[nH]1. The van der Waals surface area contributed by atoms with Crippen LogP contribution < -0.4 is 15.0 Å². The van der Waals surface area contributed by atoms with E-state index in [-0.39, 0.29) is 17.6 Å². The minimum atomic E-state index is -0.846. The molecule has 2 amide bonds. The predicted molar refractivity (Wildman–Crippen MR) is 172 cm³/mol. The molecule has 2 heterocycles. The summed E-state index contributed by atoms with van der Waals surface area (Å²) in [4.78, 5) is 44.8. The summed E-state index contributed by atoms with van der Waals surface area (Å²) in [6.45, 7) is 5.82. The van der Waals surface area contributed by atoms with Gasteiger partial charge in [-0.05, 0) is 71.1 Å². The number of aromatic amines is 1. The number of hydrogen-bond acceptors (Lipinski definition) is 5. The van der Waals surface area contributed by atoms with Crippen molar-refractivity contribution in [1.82, 2.24) is 15.2 Å². The summed E-state index contributed by atoms with van der Waals surface area (Å²) < 4.78 is 20.0. The second kappa shape index (κ2) is 12.7. The molecule has 6 rings (SSSR count). The Kier molecular flexibility index (Phi) is 8.33. The number of para-hydroxylation sites is 1. The quantitative estimate of drug-likeness (QED) is 0.173. The van der Waals surface area contributed by atoms with E-state index < -0.39 is 17.8 Å². The number of carbonyl (C=O) groups excluding carboxylic acids is 3. The number of nitrogens with one attached hydrogen (secondary N) is 2. The number of esters is 1. The molecule has 0 unspecified atom stereocenters. The highest BCUT2D eigenvalue weighted by Gasteiger charge is 2.25. The fraction of sp³-hybridized carbons (Fsp3) is 0.194. The highest BCUT2D eigenvalue weighted by Crippen LogP contribution is 2.33. The maximum absolute atomic E-state index is 14.6. The molecular weight excluding hydrogens is 571 g/mol. The van der Waals surface area contributed by atoms with Crippen LogP contribution in [0.15, 0.2) is 97.1 Å². The Morgan fingerprint density at radius 2 is 1.58 bits per heavy atom. The lowest BCUT2D eigenvalue weighted by Crippen LogP contribution is -2.48. The molecule has 45 heavy (non-hydrogen) atoms. The molecule has 1 atom stereocenters. The molecule has 1 fully saturated rings. The van der Waals surface area contributed by atoms with E-state index in [1.165, 1.54) is 25.1 Å². The van der Waals surface area contributed by atoms with Crippen LogP contribution in [0.5, 0.6) is 5.75 Å². The van der Waals surface area contributed by atoms with Crippen molar-refractivity contribution in [3.63, 3.8) is 0 Å². The molecule has 0 bridgehead atoms. The van der Waals surface area contributed by atoms with E-state index in [1.54, 1.807) is 13.0 Å². The molecule has 5 aromatic rings. The van der Waals surface area contributed by atoms with Crippen molar-refractivity contribution in [3.8, 4) is 16.9 Å². The standard InChI is InChI=1S/C36H33FN4O4/c1-23(42)40-16-18-41(19-17-40)30-13-10-25(11-14-30)26-7-5-8-28(20-26)36(44)39-35(33-21-27-6-3-4-9-32(27)38-33)31-22-29(37)12-15-34(31)45-24(2)43/h3-15,20-22,35,38H,16-19H2,1-2H3,(H,39,44)/t35-/m1/s1. The van der Waals surface area contributed by atoms with E-state index in [9.17, 15) is 18.8 Å². The highest BCUT2D eigenvalue weighted by molar-refractivity contribution is 5.96. The molecule has 0 radical (unpaired) electrons. The summed E-state index contributed by atoms with van der Waals surface area (Å²) in [5.41, 5.74) is 5.08. The van der Waals surface area contributed by atoms with Crippen molar-refractivity contribution in [3.05, 3.63) is 120 Å². The van der Waals surface area contributed by atoms with E-state index in [0.717, 1.165) is 40.8 Å². The van der Waals surface area contributed by atoms with Gasteiger partial charge in [0.1, 0.15) is 11.6 Å². The number of halogens is 1. The lowest BCUT2D eigenvalue weighted by Gasteiger charge is -2.35. The number of amides is 2. The van der Waals surface area contributed by atoms with Crippen molar-refractivity contribution in [2.24, 2.45) is 0 Å². The average Bonchev–Trinajstić information content (AvgIpc) is 3.48. The Labute approximate surface area is 260 Å². The molecule has 8 nitrogen and oxygen atoms in total. The number of benzene rings is 4. The Morgan fingerprint density at radius 3 is 2.29 bits per heavy atom. The number of anilines is 1. The number of nitrogens with zero attached hydrogens (tertiary/aromatic N) is 2. The molecule has 0 aliphatic carbocycles. The zero-order valence-electron chi connectivity index (χ0n) is 25.0. The fourth-order valence-electron chi connectivity index (χ4n) is 5.77. The molecule has 0 saturated carbocycles. The normalized spacial score (nSPS) is 13.8. The van der Waals surface area contributed by atoms with Gasteiger partial charge in [-0.25, -0.2) is 4.39 Å². The van der Waals surface area contributed by atoms with Gasteiger partial charge < -0.3 is 24.8 Å². The van der Waals surface area contributed by atoms with Gasteiger partial charge in [0.25, 0.3) is 5.91 Å². The average molecular weight is 605 g/mol. The predicted octanol–water partition coefficient (Wildman–Crippen LogP) is 6.09. The van der Waals surface area contributed by atoms with Crippen LogP contribution in [0.4, 0.5) is 10.1 Å². The topological polar surface area (TPSA) is 94.7 Å². The molecule has 228 valence electrons. The number of fused-ring (bicyclic) bond motifs is 1. The highest BCUT2D eigenvalue weighted by atomic mass is 19.1. The van der Waals surface area contributed by atoms with E-state index >= 15 is 0 Å². The Balaban J connectivity index is 1.27. The summed E-state index contributed by atoms with van der Waals surface area (Å²) in [5, 5.41) is 3.97.